The Morgan fingerprint density at radius 3 is 2.43 bits per heavy atom. The van der Waals surface area contributed by atoms with Crippen molar-refractivity contribution in [2.45, 2.75) is 19.6 Å². The molecule has 0 amide bonds. The maximum atomic E-state index is 10.6. The smallest absolute Gasteiger partial charge is 0.475 e. The van der Waals surface area contributed by atoms with Crippen LogP contribution in [0.1, 0.15) is 11.5 Å². The normalized spacial score (nSPS) is 10.7. The Labute approximate surface area is 117 Å². The van der Waals surface area contributed by atoms with Gasteiger partial charge in [0.2, 0.25) is 11.8 Å². The van der Waals surface area contributed by atoms with Crippen LogP contribution in [0.3, 0.4) is 0 Å². The largest absolute Gasteiger partial charge is 0.490 e. The lowest BCUT2D eigenvalue weighted by molar-refractivity contribution is -0.192. The van der Waals surface area contributed by atoms with Gasteiger partial charge in [0.25, 0.3) is 0 Å². The Bertz CT molecular complexity index is 611. The minimum absolute atomic E-state index is 0.277. The second-order valence-electron chi connectivity index (χ2n) is 3.88. The summed E-state index contributed by atoms with van der Waals surface area (Å²) in [6.45, 7) is 2.29. The molecule has 0 fully saturated rings. The molecule has 2 aromatic rings. The maximum Gasteiger partial charge on any atom is 0.490 e. The zero-order valence-electron chi connectivity index (χ0n) is 10.9. The number of carbonyl (C=O) groups is 1. The van der Waals surface area contributed by atoms with Gasteiger partial charge in [0.05, 0.1) is 6.54 Å². The number of alkyl halides is 3. The molecule has 0 atom stereocenters. The summed E-state index contributed by atoms with van der Waals surface area (Å²) >= 11 is 0. The predicted octanol–water partition coefficient (Wildman–Crippen LogP) is 2.14. The minimum Gasteiger partial charge on any atom is -0.475 e. The van der Waals surface area contributed by atoms with Gasteiger partial charge in [-0.3, -0.25) is 0 Å². The summed E-state index contributed by atoms with van der Waals surface area (Å²) in [6.07, 6.45) is -5.08. The van der Waals surface area contributed by atoms with Gasteiger partial charge in [-0.05, 0) is 19.1 Å². The molecule has 1 aromatic carbocycles. The van der Waals surface area contributed by atoms with Gasteiger partial charge in [0.1, 0.15) is 0 Å². The van der Waals surface area contributed by atoms with Crippen LogP contribution in [0.15, 0.2) is 28.7 Å². The fourth-order valence-corrected chi connectivity index (χ4v) is 1.23. The first kappa shape index (κ1) is 16.6. The lowest BCUT2D eigenvalue weighted by Crippen LogP contribution is -2.21. The summed E-state index contributed by atoms with van der Waals surface area (Å²) in [6, 6.07) is 7.90. The number of aryl methyl sites for hydroxylation is 1. The standard InChI is InChI=1S/C10H11N3O.C2HF3O2/c1-7-3-2-4-8(5-7)10-13-12-9(6-11)14-10;3-2(4,5)1(6)7/h2-5H,6,11H2,1H3;(H,6,7). The number of carboxylic acids is 1. The highest BCUT2D eigenvalue weighted by Crippen LogP contribution is 2.18. The van der Waals surface area contributed by atoms with Crippen molar-refractivity contribution in [2.75, 3.05) is 0 Å². The molecule has 0 unspecified atom stereocenters. The van der Waals surface area contributed by atoms with Crippen LogP contribution < -0.4 is 5.73 Å². The summed E-state index contributed by atoms with van der Waals surface area (Å²) in [5.41, 5.74) is 7.46. The second-order valence-corrected chi connectivity index (χ2v) is 3.88. The SMILES string of the molecule is Cc1cccc(-c2nnc(CN)o2)c1.O=C(O)C(F)(F)F. The van der Waals surface area contributed by atoms with Crippen molar-refractivity contribution in [3.63, 3.8) is 0 Å². The maximum absolute atomic E-state index is 10.6. The van der Waals surface area contributed by atoms with Crippen molar-refractivity contribution in [3.05, 3.63) is 35.7 Å². The Balaban J connectivity index is 0.000000270. The number of benzene rings is 1. The van der Waals surface area contributed by atoms with Crippen LogP contribution in [0.4, 0.5) is 13.2 Å². The number of hydrogen-bond donors (Lipinski definition) is 2. The van der Waals surface area contributed by atoms with Crippen LogP contribution in [0, 0.1) is 6.92 Å². The first-order valence-corrected chi connectivity index (χ1v) is 5.63. The van der Waals surface area contributed by atoms with Crippen molar-refractivity contribution in [1.82, 2.24) is 10.2 Å². The van der Waals surface area contributed by atoms with Gasteiger partial charge >= 0.3 is 12.1 Å². The number of rotatable bonds is 2. The van der Waals surface area contributed by atoms with Crippen molar-refractivity contribution >= 4 is 5.97 Å². The first-order valence-electron chi connectivity index (χ1n) is 5.63. The van der Waals surface area contributed by atoms with E-state index >= 15 is 0 Å². The van der Waals surface area contributed by atoms with E-state index in [0.717, 1.165) is 11.1 Å². The number of hydrogen-bond acceptors (Lipinski definition) is 5. The highest BCUT2D eigenvalue weighted by Gasteiger charge is 2.38. The van der Waals surface area contributed by atoms with E-state index in [-0.39, 0.29) is 6.54 Å². The summed E-state index contributed by atoms with van der Waals surface area (Å²) in [4.78, 5) is 8.90. The van der Waals surface area contributed by atoms with Crippen molar-refractivity contribution in [3.8, 4) is 11.5 Å². The second kappa shape index (κ2) is 6.84. The molecular formula is C12H12F3N3O3. The Hall–Kier alpha value is -2.42. The zero-order chi connectivity index (χ0) is 16.0. The number of carboxylic acid groups (broad SMARTS) is 1. The van der Waals surface area contributed by atoms with Crippen molar-refractivity contribution < 1.29 is 27.5 Å². The Kier molecular flexibility index (Phi) is 5.42. The third-order valence-corrected chi connectivity index (χ3v) is 2.15. The van der Waals surface area contributed by atoms with E-state index in [1.54, 1.807) is 0 Å². The molecule has 0 radical (unpaired) electrons. The molecule has 0 saturated heterocycles. The van der Waals surface area contributed by atoms with E-state index in [9.17, 15) is 13.2 Å². The molecule has 1 heterocycles. The van der Waals surface area contributed by atoms with E-state index in [0.29, 0.717) is 11.8 Å². The molecule has 0 bridgehead atoms. The summed E-state index contributed by atoms with van der Waals surface area (Å²) in [7, 11) is 0. The Morgan fingerprint density at radius 2 is 2.00 bits per heavy atom. The molecule has 21 heavy (non-hydrogen) atoms. The van der Waals surface area contributed by atoms with Gasteiger partial charge < -0.3 is 15.3 Å². The number of aromatic nitrogens is 2. The number of aliphatic carboxylic acids is 1. The van der Waals surface area contributed by atoms with Crippen LogP contribution in [0.25, 0.3) is 11.5 Å². The highest BCUT2D eigenvalue weighted by molar-refractivity contribution is 5.73. The fraction of sp³-hybridized carbons (Fsp3) is 0.250. The first-order chi connectivity index (χ1) is 9.74. The highest BCUT2D eigenvalue weighted by atomic mass is 19.4. The lowest BCUT2D eigenvalue weighted by Gasteiger charge is -1.95. The Morgan fingerprint density at radius 1 is 1.38 bits per heavy atom. The third kappa shape index (κ3) is 5.22. The van der Waals surface area contributed by atoms with Crippen LogP contribution in [0.5, 0.6) is 0 Å². The van der Waals surface area contributed by atoms with Gasteiger partial charge in [-0.25, -0.2) is 4.79 Å². The van der Waals surface area contributed by atoms with Crippen LogP contribution in [-0.2, 0) is 11.3 Å². The molecule has 0 spiro atoms. The zero-order valence-corrected chi connectivity index (χ0v) is 10.9. The van der Waals surface area contributed by atoms with E-state index in [4.69, 9.17) is 20.1 Å². The van der Waals surface area contributed by atoms with Gasteiger partial charge in [-0.2, -0.15) is 13.2 Å². The minimum atomic E-state index is -5.08. The van der Waals surface area contributed by atoms with Crippen LogP contribution in [-0.4, -0.2) is 27.4 Å². The third-order valence-electron chi connectivity index (χ3n) is 2.15. The van der Waals surface area contributed by atoms with E-state index in [1.165, 1.54) is 0 Å². The number of nitrogens with two attached hydrogens (primary N) is 1. The average molecular weight is 303 g/mol. The molecule has 0 aliphatic heterocycles. The van der Waals surface area contributed by atoms with Crippen LogP contribution in [0.2, 0.25) is 0 Å². The van der Waals surface area contributed by atoms with Crippen molar-refractivity contribution in [2.24, 2.45) is 5.73 Å². The number of halogens is 3. The molecule has 1 aromatic heterocycles. The molecule has 0 saturated carbocycles. The molecular weight excluding hydrogens is 291 g/mol. The van der Waals surface area contributed by atoms with Gasteiger partial charge in [-0.1, -0.05) is 17.7 Å². The fourth-order valence-electron chi connectivity index (χ4n) is 1.23. The molecule has 2 rings (SSSR count). The molecule has 114 valence electrons. The summed E-state index contributed by atoms with van der Waals surface area (Å²) in [5, 5.41) is 14.8. The average Bonchev–Trinajstić information content (AvgIpc) is 2.87. The van der Waals surface area contributed by atoms with Gasteiger partial charge in [-0.15, -0.1) is 10.2 Å². The quantitative estimate of drug-likeness (QED) is 0.881. The molecule has 0 aliphatic rings. The predicted molar refractivity (Wildman–Crippen MR) is 66.1 cm³/mol. The summed E-state index contributed by atoms with van der Waals surface area (Å²) in [5.74, 6) is -1.77. The summed E-state index contributed by atoms with van der Waals surface area (Å²) < 4.78 is 37.1. The number of nitrogens with zero attached hydrogens (tertiary/aromatic N) is 2. The van der Waals surface area contributed by atoms with E-state index in [2.05, 4.69) is 10.2 Å². The van der Waals surface area contributed by atoms with Gasteiger partial charge in [0.15, 0.2) is 0 Å². The molecule has 3 N–H and O–H groups in total. The van der Waals surface area contributed by atoms with Crippen LogP contribution >= 0.6 is 0 Å². The molecule has 9 heteroatoms. The lowest BCUT2D eigenvalue weighted by atomic mass is 10.1. The monoisotopic (exact) mass is 303 g/mol. The topological polar surface area (TPSA) is 102 Å². The van der Waals surface area contributed by atoms with E-state index in [1.807, 2.05) is 31.2 Å². The van der Waals surface area contributed by atoms with Gasteiger partial charge in [0, 0.05) is 5.56 Å². The van der Waals surface area contributed by atoms with Crippen molar-refractivity contribution in [1.29, 1.82) is 0 Å². The molecule has 6 nitrogen and oxygen atoms in total. The molecule has 0 aliphatic carbocycles. The van der Waals surface area contributed by atoms with E-state index < -0.39 is 12.1 Å².